The minimum absolute atomic E-state index is 0.0846. The largest absolute Gasteiger partial charge is 0.389 e. The van der Waals surface area contributed by atoms with Crippen LogP contribution in [0.2, 0.25) is 0 Å². The first kappa shape index (κ1) is 16.5. The van der Waals surface area contributed by atoms with Gasteiger partial charge in [-0.2, -0.15) is 8.42 Å². The maximum Gasteiger partial charge on any atom is 0.297 e. The molecule has 1 atom stereocenters. The van der Waals surface area contributed by atoms with Gasteiger partial charge in [-0.05, 0) is 31.2 Å². The second-order valence-corrected chi connectivity index (χ2v) is 6.57. The molecule has 2 N–H and O–H groups in total. The molecule has 0 saturated heterocycles. The predicted octanol–water partition coefficient (Wildman–Crippen LogP) is 2.17. The molecule has 2 aromatic carbocycles. The van der Waals surface area contributed by atoms with Crippen LogP contribution in [0, 0.1) is 6.92 Å². The van der Waals surface area contributed by atoms with Gasteiger partial charge in [0.25, 0.3) is 10.1 Å². The Morgan fingerprint density at radius 1 is 1.09 bits per heavy atom. The standard InChI is InChI=1S/C16H19NO4S/c1-13-7-9-16(10-8-13)22(19,20)21-12-15(18)11-17-14-5-3-2-4-6-14/h2-10,15,17-18H,11-12H2,1H3. The summed E-state index contributed by atoms with van der Waals surface area (Å²) in [4.78, 5) is 0.0846. The molecule has 0 heterocycles. The molecule has 0 bridgehead atoms. The SMILES string of the molecule is Cc1ccc(S(=O)(=O)OCC(O)CNc2ccccc2)cc1. The topological polar surface area (TPSA) is 75.6 Å². The lowest BCUT2D eigenvalue weighted by atomic mass is 10.2. The Bertz CT molecular complexity index is 684. The van der Waals surface area contributed by atoms with Crippen LogP contribution in [-0.4, -0.2) is 32.8 Å². The lowest BCUT2D eigenvalue weighted by Gasteiger charge is -2.13. The van der Waals surface area contributed by atoms with Crippen LogP contribution in [0.25, 0.3) is 0 Å². The lowest BCUT2D eigenvalue weighted by Crippen LogP contribution is -2.26. The van der Waals surface area contributed by atoms with E-state index in [1.165, 1.54) is 12.1 Å². The van der Waals surface area contributed by atoms with Gasteiger partial charge < -0.3 is 10.4 Å². The van der Waals surface area contributed by atoms with Gasteiger partial charge in [0.2, 0.25) is 0 Å². The third kappa shape index (κ3) is 4.84. The van der Waals surface area contributed by atoms with Gasteiger partial charge in [-0.25, -0.2) is 0 Å². The van der Waals surface area contributed by atoms with Crippen LogP contribution in [0.3, 0.4) is 0 Å². The summed E-state index contributed by atoms with van der Waals surface area (Å²) in [5.41, 5.74) is 1.81. The van der Waals surface area contributed by atoms with Gasteiger partial charge in [0, 0.05) is 12.2 Å². The second-order valence-electron chi connectivity index (χ2n) is 4.95. The van der Waals surface area contributed by atoms with E-state index >= 15 is 0 Å². The van der Waals surface area contributed by atoms with Gasteiger partial charge >= 0.3 is 0 Å². The van der Waals surface area contributed by atoms with Crippen LogP contribution in [-0.2, 0) is 14.3 Å². The van der Waals surface area contributed by atoms with E-state index in [4.69, 9.17) is 4.18 Å². The quantitative estimate of drug-likeness (QED) is 0.765. The molecule has 0 amide bonds. The summed E-state index contributed by atoms with van der Waals surface area (Å²) in [6.07, 6.45) is -0.930. The highest BCUT2D eigenvalue weighted by molar-refractivity contribution is 7.86. The van der Waals surface area contributed by atoms with Crippen LogP contribution < -0.4 is 5.32 Å². The number of hydrogen-bond acceptors (Lipinski definition) is 5. The maximum absolute atomic E-state index is 12.0. The Balaban J connectivity index is 1.85. The van der Waals surface area contributed by atoms with E-state index in [2.05, 4.69) is 5.32 Å². The Labute approximate surface area is 130 Å². The van der Waals surface area contributed by atoms with Crippen molar-refractivity contribution in [2.75, 3.05) is 18.5 Å². The van der Waals surface area contributed by atoms with E-state index in [9.17, 15) is 13.5 Å². The van der Waals surface area contributed by atoms with Crippen molar-refractivity contribution in [1.29, 1.82) is 0 Å². The van der Waals surface area contributed by atoms with E-state index < -0.39 is 16.2 Å². The summed E-state index contributed by atoms with van der Waals surface area (Å²) in [7, 11) is -3.84. The minimum atomic E-state index is -3.84. The summed E-state index contributed by atoms with van der Waals surface area (Å²) in [5, 5.41) is 12.8. The molecule has 0 aliphatic rings. The molecule has 0 aromatic heterocycles. The first-order valence-electron chi connectivity index (χ1n) is 6.90. The highest BCUT2D eigenvalue weighted by Crippen LogP contribution is 2.13. The van der Waals surface area contributed by atoms with Crippen LogP contribution in [0.15, 0.2) is 59.5 Å². The molecule has 0 fully saturated rings. The van der Waals surface area contributed by atoms with Gasteiger partial charge in [0.15, 0.2) is 0 Å². The number of aryl methyl sites for hydroxylation is 1. The Hall–Kier alpha value is -1.89. The maximum atomic E-state index is 12.0. The predicted molar refractivity (Wildman–Crippen MR) is 85.3 cm³/mol. The molecule has 22 heavy (non-hydrogen) atoms. The Morgan fingerprint density at radius 3 is 2.36 bits per heavy atom. The van der Waals surface area contributed by atoms with Gasteiger partial charge in [0.05, 0.1) is 17.6 Å². The van der Waals surface area contributed by atoms with Crippen molar-refractivity contribution in [2.45, 2.75) is 17.9 Å². The zero-order valence-corrected chi connectivity index (χ0v) is 13.1. The summed E-state index contributed by atoms with van der Waals surface area (Å²) in [6, 6.07) is 15.7. The van der Waals surface area contributed by atoms with Crippen molar-refractivity contribution in [3.63, 3.8) is 0 Å². The van der Waals surface area contributed by atoms with Gasteiger partial charge in [-0.15, -0.1) is 0 Å². The molecule has 6 heteroatoms. The van der Waals surface area contributed by atoms with Crippen molar-refractivity contribution in [3.8, 4) is 0 Å². The minimum Gasteiger partial charge on any atom is -0.389 e. The van der Waals surface area contributed by atoms with Crippen molar-refractivity contribution < 1.29 is 17.7 Å². The lowest BCUT2D eigenvalue weighted by molar-refractivity contribution is 0.121. The molecule has 2 rings (SSSR count). The molecule has 0 aliphatic heterocycles. The Kier molecular flexibility index (Phi) is 5.54. The van der Waals surface area contributed by atoms with E-state index in [-0.39, 0.29) is 18.0 Å². The summed E-state index contributed by atoms with van der Waals surface area (Å²) in [6.45, 7) is 1.78. The zero-order chi connectivity index (χ0) is 16.0. The third-order valence-electron chi connectivity index (χ3n) is 3.04. The second kappa shape index (κ2) is 7.40. The average Bonchev–Trinajstić information content (AvgIpc) is 2.52. The van der Waals surface area contributed by atoms with Crippen molar-refractivity contribution in [3.05, 3.63) is 60.2 Å². The smallest absolute Gasteiger partial charge is 0.297 e. The van der Waals surface area contributed by atoms with Crippen LogP contribution in [0.1, 0.15) is 5.56 Å². The van der Waals surface area contributed by atoms with Crippen molar-refractivity contribution in [2.24, 2.45) is 0 Å². The zero-order valence-electron chi connectivity index (χ0n) is 12.3. The van der Waals surface area contributed by atoms with E-state index in [0.29, 0.717) is 0 Å². The summed E-state index contributed by atoms with van der Waals surface area (Å²) < 4.78 is 28.8. The van der Waals surface area contributed by atoms with E-state index in [0.717, 1.165) is 11.3 Å². The van der Waals surface area contributed by atoms with Crippen LogP contribution in [0.4, 0.5) is 5.69 Å². The molecule has 2 aromatic rings. The molecule has 0 spiro atoms. The highest BCUT2D eigenvalue weighted by atomic mass is 32.2. The van der Waals surface area contributed by atoms with E-state index in [1.54, 1.807) is 12.1 Å². The Morgan fingerprint density at radius 2 is 1.73 bits per heavy atom. The number of anilines is 1. The fraction of sp³-hybridized carbons (Fsp3) is 0.250. The summed E-state index contributed by atoms with van der Waals surface area (Å²) in [5.74, 6) is 0. The summed E-state index contributed by atoms with van der Waals surface area (Å²) >= 11 is 0. The monoisotopic (exact) mass is 321 g/mol. The molecule has 118 valence electrons. The normalized spacial score (nSPS) is 12.8. The number of nitrogens with one attached hydrogen (secondary N) is 1. The third-order valence-corrected chi connectivity index (χ3v) is 4.34. The fourth-order valence-corrected chi connectivity index (χ4v) is 2.73. The average molecular weight is 321 g/mol. The van der Waals surface area contributed by atoms with Crippen LogP contribution >= 0.6 is 0 Å². The molecule has 0 aliphatic carbocycles. The number of rotatable bonds is 7. The first-order valence-corrected chi connectivity index (χ1v) is 8.31. The van der Waals surface area contributed by atoms with Crippen LogP contribution in [0.5, 0.6) is 0 Å². The molecule has 0 saturated carbocycles. The van der Waals surface area contributed by atoms with Gasteiger partial charge in [0.1, 0.15) is 0 Å². The first-order chi connectivity index (χ1) is 10.5. The van der Waals surface area contributed by atoms with Gasteiger partial charge in [-0.1, -0.05) is 35.9 Å². The van der Waals surface area contributed by atoms with Crippen molar-refractivity contribution in [1.82, 2.24) is 0 Å². The number of para-hydroxylation sites is 1. The molecule has 5 nitrogen and oxygen atoms in total. The molecular weight excluding hydrogens is 302 g/mol. The molecule has 0 radical (unpaired) electrons. The number of hydrogen-bond donors (Lipinski definition) is 2. The number of aliphatic hydroxyl groups excluding tert-OH is 1. The van der Waals surface area contributed by atoms with Gasteiger partial charge in [-0.3, -0.25) is 4.18 Å². The van der Waals surface area contributed by atoms with Crippen molar-refractivity contribution >= 4 is 15.8 Å². The fourth-order valence-electron chi connectivity index (χ4n) is 1.79. The van der Waals surface area contributed by atoms with E-state index in [1.807, 2.05) is 37.3 Å². The highest BCUT2D eigenvalue weighted by Gasteiger charge is 2.17. The molecule has 1 unspecified atom stereocenters. The number of aliphatic hydroxyl groups is 1. The number of benzene rings is 2. The molecular formula is C16H19NO4S.